The van der Waals surface area contributed by atoms with Crippen LogP contribution in [0.3, 0.4) is 0 Å². The van der Waals surface area contributed by atoms with E-state index < -0.39 is 0 Å². The molecule has 0 aromatic heterocycles. The quantitative estimate of drug-likeness (QED) is 0.625. The largest absolute Gasteiger partial charge is 0.396 e. The minimum Gasteiger partial charge on any atom is -0.396 e. The molecule has 0 aliphatic rings. The first-order valence-electron chi connectivity index (χ1n) is 3.85. The van der Waals surface area contributed by atoms with Gasteiger partial charge in [0.25, 0.3) is 0 Å². The summed E-state index contributed by atoms with van der Waals surface area (Å²) in [5, 5.41) is 18.0. The SMILES string of the molecule is CCC(C)(CCO)C(C)O. The summed E-state index contributed by atoms with van der Waals surface area (Å²) in [5.41, 5.74) is -0.102. The van der Waals surface area contributed by atoms with Crippen LogP contribution in [0.5, 0.6) is 0 Å². The van der Waals surface area contributed by atoms with E-state index >= 15 is 0 Å². The molecule has 0 aromatic carbocycles. The van der Waals surface area contributed by atoms with Gasteiger partial charge in [0.2, 0.25) is 0 Å². The Bertz CT molecular complexity index is 91.3. The van der Waals surface area contributed by atoms with Crippen molar-refractivity contribution in [2.45, 2.75) is 39.7 Å². The lowest BCUT2D eigenvalue weighted by atomic mass is 9.79. The lowest BCUT2D eigenvalue weighted by Gasteiger charge is -2.30. The van der Waals surface area contributed by atoms with E-state index in [-0.39, 0.29) is 18.1 Å². The van der Waals surface area contributed by atoms with Crippen LogP contribution >= 0.6 is 0 Å². The Morgan fingerprint density at radius 1 is 1.50 bits per heavy atom. The van der Waals surface area contributed by atoms with Crippen LogP contribution in [0.1, 0.15) is 33.6 Å². The monoisotopic (exact) mass is 146 g/mol. The first kappa shape index (κ1) is 9.92. The highest BCUT2D eigenvalue weighted by molar-refractivity contribution is 4.77. The lowest BCUT2D eigenvalue weighted by molar-refractivity contribution is 0.0292. The van der Waals surface area contributed by atoms with Gasteiger partial charge in [0.1, 0.15) is 0 Å². The van der Waals surface area contributed by atoms with E-state index in [4.69, 9.17) is 5.11 Å². The van der Waals surface area contributed by atoms with Gasteiger partial charge in [0.15, 0.2) is 0 Å². The van der Waals surface area contributed by atoms with E-state index in [0.717, 1.165) is 6.42 Å². The van der Waals surface area contributed by atoms with E-state index in [1.165, 1.54) is 0 Å². The van der Waals surface area contributed by atoms with Crippen LogP contribution in [0.25, 0.3) is 0 Å². The number of hydrogen-bond donors (Lipinski definition) is 2. The summed E-state index contributed by atoms with van der Waals surface area (Å²) in [6.07, 6.45) is 1.26. The molecule has 0 amide bonds. The third-order valence-corrected chi connectivity index (χ3v) is 2.50. The second-order valence-corrected chi connectivity index (χ2v) is 3.16. The number of aliphatic hydroxyl groups is 2. The second-order valence-electron chi connectivity index (χ2n) is 3.16. The predicted molar refractivity (Wildman–Crippen MR) is 41.8 cm³/mol. The van der Waals surface area contributed by atoms with Crippen molar-refractivity contribution in [3.05, 3.63) is 0 Å². The van der Waals surface area contributed by atoms with Gasteiger partial charge in [-0.05, 0) is 25.2 Å². The van der Waals surface area contributed by atoms with Crippen LogP contribution in [0.2, 0.25) is 0 Å². The molecule has 0 radical (unpaired) electrons. The summed E-state index contributed by atoms with van der Waals surface area (Å²) in [5.74, 6) is 0. The van der Waals surface area contributed by atoms with Gasteiger partial charge in [0.05, 0.1) is 6.10 Å². The maximum atomic E-state index is 9.29. The average molecular weight is 146 g/mol. The van der Waals surface area contributed by atoms with Crippen molar-refractivity contribution < 1.29 is 10.2 Å². The predicted octanol–water partition coefficient (Wildman–Crippen LogP) is 1.17. The summed E-state index contributed by atoms with van der Waals surface area (Å²) >= 11 is 0. The van der Waals surface area contributed by atoms with Gasteiger partial charge >= 0.3 is 0 Å². The van der Waals surface area contributed by atoms with Crippen LogP contribution in [0.4, 0.5) is 0 Å². The van der Waals surface area contributed by atoms with Crippen molar-refractivity contribution in [1.29, 1.82) is 0 Å². The first-order chi connectivity index (χ1) is 4.56. The summed E-state index contributed by atoms with van der Waals surface area (Å²) in [7, 11) is 0. The molecule has 2 atom stereocenters. The summed E-state index contributed by atoms with van der Waals surface area (Å²) in [6, 6.07) is 0. The molecule has 0 rings (SSSR count). The molecule has 0 aromatic rings. The molecule has 2 heteroatoms. The molecule has 62 valence electrons. The Balaban J connectivity index is 3.94. The van der Waals surface area contributed by atoms with Crippen molar-refractivity contribution in [3.8, 4) is 0 Å². The molecule has 0 bridgehead atoms. The first-order valence-corrected chi connectivity index (χ1v) is 3.85. The third kappa shape index (κ3) is 2.27. The Morgan fingerprint density at radius 2 is 2.00 bits per heavy atom. The Hall–Kier alpha value is -0.0800. The minimum absolute atomic E-state index is 0.102. The molecule has 2 nitrogen and oxygen atoms in total. The molecule has 0 saturated carbocycles. The van der Waals surface area contributed by atoms with Gasteiger partial charge in [-0.2, -0.15) is 0 Å². The Morgan fingerprint density at radius 3 is 2.10 bits per heavy atom. The molecule has 2 unspecified atom stereocenters. The summed E-state index contributed by atoms with van der Waals surface area (Å²) in [4.78, 5) is 0. The van der Waals surface area contributed by atoms with E-state index in [2.05, 4.69) is 0 Å². The lowest BCUT2D eigenvalue weighted by Crippen LogP contribution is -2.30. The van der Waals surface area contributed by atoms with Gasteiger partial charge in [-0.3, -0.25) is 0 Å². The van der Waals surface area contributed by atoms with Crippen molar-refractivity contribution in [3.63, 3.8) is 0 Å². The molecule has 0 spiro atoms. The molecule has 10 heavy (non-hydrogen) atoms. The maximum Gasteiger partial charge on any atom is 0.0566 e. The summed E-state index contributed by atoms with van der Waals surface area (Å²) < 4.78 is 0. The molecule has 0 heterocycles. The van der Waals surface area contributed by atoms with Crippen LogP contribution < -0.4 is 0 Å². The van der Waals surface area contributed by atoms with Gasteiger partial charge < -0.3 is 10.2 Å². The minimum atomic E-state index is -0.329. The topological polar surface area (TPSA) is 40.5 Å². The third-order valence-electron chi connectivity index (χ3n) is 2.50. The molecule has 0 aliphatic carbocycles. The van der Waals surface area contributed by atoms with E-state index in [1.807, 2.05) is 13.8 Å². The van der Waals surface area contributed by atoms with Crippen molar-refractivity contribution in [1.82, 2.24) is 0 Å². The fourth-order valence-corrected chi connectivity index (χ4v) is 0.936. The van der Waals surface area contributed by atoms with Gasteiger partial charge in [-0.25, -0.2) is 0 Å². The zero-order valence-electron chi connectivity index (χ0n) is 7.09. The highest BCUT2D eigenvalue weighted by atomic mass is 16.3. The molecule has 2 N–H and O–H groups in total. The number of hydrogen-bond acceptors (Lipinski definition) is 2. The highest BCUT2D eigenvalue weighted by Crippen LogP contribution is 2.29. The van der Waals surface area contributed by atoms with E-state index in [9.17, 15) is 5.11 Å². The van der Waals surface area contributed by atoms with Crippen molar-refractivity contribution in [2.75, 3.05) is 6.61 Å². The molecule has 0 fully saturated rings. The average Bonchev–Trinajstić information content (AvgIpc) is 1.88. The normalized spacial score (nSPS) is 20.1. The van der Waals surface area contributed by atoms with E-state index in [1.54, 1.807) is 6.92 Å². The zero-order chi connectivity index (χ0) is 8.20. The highest BCUT2D eigenvalue weighted by Gasteiger charge is 2.26. The van der Waals surface area contributed by atoms with Crippen LogP contribution in [-0.2, 0) is 0 Å². The smallest absolute Gasteiger partial charge is 0.0566 e. The molecule has 0 saturated heterocycles. The molecular weight excluding hydrogens is 128 g/mol. The van der Waals surface area contributed by atoms with Gasteiger partial charge in [0, 0.05) is 6.61 Å². The number of rotatable bonds is 4. The Labute approximate surface area is 62.9 Å². The molecule has 0 aliphatic heterocycles. The van der Waals surface area contributed by atoms with Crippen LogP contribution in [0, 0.1) is 5.41 Å². The van der Waals surface area contributed by atoms with Gasteiger partial charge in [-0.1, -0.05) is 13.8 Å². The standard InChI is InChI=1S/C8H18O2/c1-4-8(3,5-6-9)7(2)10/h7,9-10H,4-6H2,1-3H3. The Kier molecular flexibility index (Phi) is 3.91. The maximum absolute atomic E-state index is 9.29. The second kappa shape index (κ2) is 3.94. The van der Waals surface area contributed by atoms with Gasteiger partial charge in [-0.15, -0.1) is 0 Å². The van der Waals surface area contributed by atoms with E-state index in [0.29, 0.717) is 6.42 Å². The van der Waals surface area contributed by atoms with Crippen LogP contribution in [-0.4, -0.2) is 22.9 Å². The number of aliphatic hydroxyl groups excluding tert-OH is 2. The van der Waals surface area contributed by atoms with Crippen molar-refractivity contribution >= 4 is 0 Å². The molecular formula is C8H18O2. The summed E-state index contributed by atoms with van der Waals surface area (Å²) in [6.45, 7) is 5.96. The fourth-order valence-electron chi connectivity index (χ4n) is 0.936. The zero-order valence-corrected chi connectivity index (χ0v) is 7.09. The fraction of sp³-hybridized carbons (Fsp3) is 1.00. The van der Waals surface area contributed by atoms with Crippen molar-refractivity contribution in [2.24, 2.45) is 5.41 Å². The van der Waals surface area contributed by atoms with Crippen LogP contribution in [0.15, 0.2) is 0 Å².